The van der Waals surface area contributed by atoms with Gasteiger partial charge in [0.2, 0.25) is 11.8 Å². The summed E-state index contributed by atoms with van der Waals surface area (Å²) in [6.07, 6.45) is 2.73. The normalized spacial score (nSPS) is 15.8. The summed E-state index contributed by atoms with van der Waals surface area (Å²) < 4.78 is 27.0. The van der Waals surface area contributed by atoms with Crippen molar-refractivity contribution in [2.24, 2.45) is 0 Å². The van der Waals surface area contributed by atoms with Gasteiger partial charge in [-0.15, -0.1) is 0 Å². The lowest BCUT2D eigenvalue weighted by molar-refractivity contribution is -0.129. The number of amides is 2. The van der Waals surface area contributed by atoms with E-state index in [1.807, 2.05) is 13.0 Å². The molecule has 31 heavy (non-hydrogen) atoms. The van der Waals surface area contributed by atoms with E-state index in [4.69, 9.17) is 5.26 Å². The Hall–Kier alpha value is -3.64. The molecule has 0 unspecified atom stereocenters. The van der Waals surface area contributed by atoms with Crippen LogP contribution in [0, 0.1) is 18.3 Å². The number of carbonyl (C=O) groups excluding carboxylic acids is 2. The molecule has 1 aliphatic heterocycles. The van der Waals surface area contributed by atoms with Crippen molar-refractivity contribution in [1.29, 1.82) is 5.26 Å². The Bertz CT molecular complexity index is 1130. The van der Waals surface area contributed by atoms with E-state index in [1.165, 1.54) is 24.5 Å². The fraction of sp³-hybridized carbons (Fsp3) is 0.227. The largest absolute Gasteiger partial charge is 0.356 e. The number of benzene rings is 2. The third-order valence-corrected chi connectivity index (χ3v) is 6.65. The van der Waals surface area contributed by atoms with E-state index >= 15 is 0 Å². The van der Waals surface area contributed by atoms with Gasteiger partial charge in [0.25, 0.3) is 10.0 Å². The van der Waals surface area contributed by atoms with Crippen molar-refractivity contribution in [1.82, 2.24) is 14.9 Å². The van der Waals surface area contributed by atoms with Gasteiger partial charge in [-0.1, -0.05) is 29.8 Å². The maximum atomic E-state index is 13.0. The van der Waals surface area contributed by atoms with Crippen molar-refractivity contribution in [3.05, 3.63) is 77.6 Å². The Morgan fingerprint density at radius 1 is 1.16 bits per heavy atom. The van der Waals surface area contributed by atoms with Crippen LogP contribution in [0.2, 0.25) is 0 Å². The topological polar surface area (TPSA) is 119 Å². The molecule has 0 aromatic heterocycles. The second-order valence-electron chi connectivity index (χ2n) is 7.10. The quantitative estimate of drug-likeness (QED) is 0.680. The van der Waals surface area contributed by atoms with Crippen molar-refractivity contribution in [3.8, 4) is 6.07 Å². The molecule has 0 saturated heterocycles. The minimum absolute atomic E-state index is 0.0451. The fourth-order valence-electron chi connectivity index (χ4n) is 3.11. The Kier molecular flexibility index (Phi) is 6.72. The van der Waals surface area contributed by atoms with Crippen molar-refractivity contribution in [3.63, 3.8) is 0 Å². The molecule has 0 fully saturated rings. The zero-order valence-corrected chi connectivity index (χ0v) is 17.7. The maximum Gasteiger partial charge on any atom is 0.264 e. The predicted octanol–water partition coefficient (Wildman–Crippen LogP) is 1.58. The molecule has 1 aliphatic rings. The summed E-state index contributed by atoms with van der Waals surface area (Å²) >= 11 is 0. The van der Waals surface area contributed by atoms with Crippen LogP contribution < -0.4 is 10.6 Å². The lowest BCUT2D eigenvalue weighted by atomic mass is 10.1. The van der Waals surface area contributed by atoms with E-state index in [9.17, 15) is 18.0 Å². The third kappa shape index (κ3) is 5.29. The molecule has 1 heterocycles. The van der Waals surface area contributed by atoms with Gasteiger partial charge >= 0.3 is 0 Å². The van der Waals surface area contributed by atoms with Crippen molar-refractivity contribution >= 4 is 21.8 Å². The molecular formula is C22H22N4O4S. The summed E-state index contributed by atoms with van der Waals surface area (Å²) in [6.45, 7) is 2.16. The van der Waals surface area contributed by atoms with Gasteiger partial charge in [-0.3, -0.25) is 13.9 Å². The van der Waals surface area contributed by atoms with Gasteiger partial charge in [-0.25, -0.2) is 8.42 Å². The Balaban J connectivity index is 1.65. The molecule has 0 radical (unpaired) electrons. The van der Waals surface area contributed by atoms with E-state index in [0.717, 1.165) is 15.4 Å². The number of hydrogen-bond donors (Lipinski definition) is 2. The molecule has 0 aliphatic carbocycles. The number of nitriles is 1. The lowest BCUT2D eigenvalue weighted by Crippen LogP contribution is -2.51. The Morgan fingerprint density at radius 2 is 1.84 bits per heavy atom. The molecule has 3 rings (SSSR count). The molecular weight excluding hydrogens is 416 g/mol. The van der Waals surface area contributed by atoms with Gasteiger partial charge in [0, 0.05) is 18.9 Å². The summed E-state index contributed by atoms with van der Waals surface area (Å²) in [5.74, 6) is -1.01. The first-order valence-electron chi connectivity index (χ1n) is 9.64. The molecule has 9 heteroatoms. The summed E-state index contributed by atoms with van der Waals surface area (Å²) in [6, 6.07) is 14.1. The van der Waals surface area contributed by atoms with Crippen LogP contribution in [0.4, 0.5) is 0 Å². The SMILES string of the molecule is Cc1ccc(S(=O)(=O)N2C=CNC(=O)[C@H]2CC(=O)NCCc2ccc(C#N)cc2)cc1. The van der Waals surface area contributed by atoms with Crippen molar-refractivity contribution in [2.75, 3.05) is 6.54 Å². The molecule has 160 valence electrons. The van der Waals surface area contributed by atoms with E-state index in [2.05, 4.69) is 10.6 Å². The van der Waals surface area contributed by atoms with E-state index in [1.54, 1.807) is 36.4 Å². The van der Waals surface area contributed by atoms with E-state index in [-0.39, 0.29) is 11.3 Å². The number of hydrogen-bond acceptors (Lipinski definition) is 5. The number of nitrogens with zero attached hydrogens (tertiary/aromatic N) is 2. The van der Waals surface area contributed by atoms with Crippen LogP contribution in [0.25, 0.3) is 0 Å². The van der Waals surface area contributed by atoms with Gasteiger partial charge in [0.1, 0.15) is 6.04 Å². The number of nitrogens with one attached hydrogen (secondary N) is 2. The highest BCUT2D eigenvalue weighted by atomic mass is 32.2. The van der Waals surface area contributed by atoms with Crippen LogP contribution >= 0.6 is 0 Å². The van der Waals surface area contributed by atoms with Gasteiger partial charge in [0.15, 0.2) is 0 Å². The van der Waals surface area contributed by atoms with Gasteiger partial charge in [-0.2, -0.15) is 5.26 Å². The van der Waals surface area contributed by atoms with Crippen LogP contribution in [-0.2, 0) is 26.0 Å². The number of aryl methyl sites for hydroxylation is 1. The van der Waals surface area contributed by atoms with Crippen LogP contribution in [0.3, 0.4) is 0 Å². The molecule has 0 spiro atoms. The van der Waals surface area contributed by atoms with Gasteiger partial charge in [0.05, 0.1) is 22.9 Å². The Morgan fingerprint density at radius 3 is 2.48 bits per heavy atom. The molecule has 1 atom stereocenters. The standard InChI is InChI=1S/C22H22N4O4S/c1-16-2-8-19(9-3-16)31(29,30)26-13-12-25-22(28)20(26)14-21(27)24-11-10-17-4-6-18(15-23)7-5-17/h2-9,12-13,20H,10-11,14H2,1H3,(H,24,27)(H,25,28)/t20-/m1/s1. The highest BCUT2D eigenvalue weighted by Crippen LogP contribution is 2.22. The first kappa shape index (κ1) is 22.1. The van der Waals surface area contributed by atoms with Crippen LogP contribution in [0.1, 0.15) is 23.1 Å². The van der Waals surface area contributed by atoms with Gasteiger partial charge in [-0.05, 0) is 43.2 Å². The minimum atomic E-state index is -4.00. The molecule has 8 nitrogen and oxygen atoms in total. The zero-order valence-electron chi connectivity index (χ0n) is 16.9. The average molecular weight is 439 g/mol. The first-order valence-corrected chi connectivity index (χ1v) is 11.1. The minimum Gasteiger partial charge on any atom is -0.356 e. The second kappa shape index (κ2) is 9.45. The third-order valence-electron chi connectivity index (χ3n) is 4.85. The predicted molar refractivity (Wildman–Crippen MR) is 114 cm³/mol. The molecule has 0 bridgehead atoms. The van der Waals surface area contributed by atoms with Crippen molar-refractivity contribution in [2.45, 2.75) is 30.7 Å². The lowest BCUT2D eigenvalue weighted by Gasteiger charge is -2.31. The highest BCUT2D eigenvalue weighted by Gasteiger charge is 2.36. The highest BCUT2D eigenvalue weighted by molar-refractivity contribution is 7.89. The van der Waals surface area contributed by atoms with Crippen LogP contribution in [-0.4, -0.2) is 37.1 Å². The summed E-state index contributed by atoms with van der Waals surface area (Å²) in [5, 5.41) is 14.0. The molecule has 2 N–H and O–H groups in total. The Labute approximate surface area is 181 Å². The van der Waals surface area contributed by atoms with Gasteiger partial charge < -0.3 is 10.6 Å². The van der Waals surface area contributed by atoms with E-state index in [0.29, 0.717) is 18.5 Å². The zero-order chi connectivity index (χ0) is 22.4. The average Bonchev–Trinajstić information content (AvgIpc) is 2.76. The monoisotopic (exact) mass is 438 g/mol. The second-order valence-corrected chi connectivity index (χ2v) is 8.94. The first-order chi connectivity index (χ1) is 14.8. The summed E-state index contributed by atoms with van der Waals surface area (Å²) in [4.78, 5) is 24.8. The fourth-order valence-corrected chi connectivity index (χ4v) is 4.56. The van der Waals surface area contributed by atoms with E-state index < -0.39 is 27.9 Å². The molecule has 2 amide bonds. The molecule has 2 aromatic carbocycles. The van der Waals surface area contributed by atoms with Crippen LogP contribution in [0.15, 0.2) is 65.8 Å². The summed E-state index contributed by atoms with van der Waals surface area (Å²) in [5.41, 5.74) is 2.41. The summed E-state index contributed by atoms with van der Waals surface area (Å²) in [7, 11) is -4.00. The molecule has 0 saturated carbocycles. The van der Waals surface area contributed by atoms with Crippen LogP contribution in [0.5, 0.6) is 0 Å². The number of sulfonamides is 1. The molecule has 2 aromatic rings. The van der Waals surface area contributed by atoms with Crippen molar-refractivity contribution < 1.29 is 18.0 Å². The smallest absolute Gasteiger partial charge is 0.264 e. The number of rotatable bonds is 7. The maximum absolute atomic E-state index is 13.0. The number of carbonyl (C=O) groups is 2.